The Kier molecular flexibility index (Phi) is 5.82. The first-order valence-electron chi connectivity index (χ1n) is 10.8. The minimum atomic E-state index is -3.79. The molecule has 170 valence electrons. The molecule has 1 unspecified atom stereocenters. The molecule has 9 heteroatoms. The molecule has 33 heavy (non-hydrogen) atoms. The summed E-state index contributed by atoms with van der Waals surface area (Å²) in [6.45, 7) is 0.653. The Labute approximate surface area is 192 Å². The van der Waals surface area contributed by atoms with Gasteiger partial charge in [0.2, 0.25) is 9.84 Å². The lowest BCUT2D eigenvalue weighted by atomic mass is 10.2. The van der Waals surface area contributed by atoms with Crippen molar-refractivity contribution in [2.24, 2.45) is 0 Å². The number of benzene rings is 2. The summed E-state index contributed by atoms with van der Waals surface area (Å²) in [4.78, 5) is 13.6. The van der Waals surface area contributed by atoms with Crippen molar-refractivity contribution >= 4 is 21.0 Å². The molecule has 1 atom stereocenters. The van der Waals surface area contributed by atoms with Crippen LogP contribution in [0.4, 0.5) is 0 Å². The lowest BCUT2D eigenvalue weighted by molar-refractivity contribution is -0.0298. The Morgan fingerprint density at radius 1 is 1.06 bits per heavy atom. The predicted octanol–water partition coefficient (Wildman–Crippen LogP) is 4.17. The number of nitrogens with zero attached hydrogens (tertiary/aromatic N) is 4. The van der Waals surface area contributed by atoms with Gasteiger partial charge in [-0.25, -0.2) is 23.4 Å². The molecule has 2 aromatic carbocycles. The minimum absolute atomic E-state index is 0.0725. The van der Waals surface area contributed by atoms with Crippen LogP contribution in [0.25, 0.3) is 22.6 Å². The van der Waals surface area contributed by atoms with Crippen molar-refractivity contribution in [3.8, 4) is 17.1 Å². The Morgan fingerprint density at radius 3 is 2.55 bits per heavy atom. The van der Waals surface area contributed by atoms with E-state index in [0.29, 0.717) is 35.0 Å². The maximum Gasteiger partial charge on any atom is 0.202 e. The third-order valence-corrected chi connectivity index (χ3v) is 7.28. The van der Waals surface area contributed by atoms with Crippen LogP contribution in [0.3, 0.4) is 0 Å². The lowest BCUT2D eigenvalue weighted by Crippen LogP contribution is -2.18. The summed E-state index contributed by atoms with van der Waals surface area (Å²) < 4.78 is 40.0. The third kappa shape index (κ3) is 4.34. The van der Waals surface area contributed by atoms with Crippen LogP contribution >= 0.6 is 0 Å². The van der Waals surface area contributed by atoms with E-state index in [9.17, 15) is 8.42 Å². The molecule has 1 saturated heterocycles. The first-order chi connectivity index (χ1) is 16.0. The third-order valence-electron chi connectivity index (χ3n) is 5.70. The van der Waals surface area contributed by atoms with Crippen LogP contribution in [-0.2, 0) is 20.3 Å². The summed E-state index contributed by atoms with van der Waals surface area (Å²) >= 11 is 0. The van der Waals surface area contributed by atoms with Gasteiger partial charge < -0.3 is 9.47 Å². The average Bonchev–Trinajstić information content (AvgIpc) is 3.28. The molecular formula is C24H24N4O4S. The standard InChI is InChI=1S/C24H24N4O4S/c1-31-19-12-10-18(11-13-19)22-26-23-21(25-16-28(23)20-9-5-6-14-32-20)24(27-22)33(29,30)15-17-7-3-2-4-8-17/h2-4,7-8,10-13,16,20H,5-6,9,14-15H2,1H3. The number of rotatable bonds is 6. The molecule has 0 bridgehead atoms. The summed E-state index contributed by atoms with van der Waals surface area (Å²) in [7, 11) is -2.20. The van der Waals surface area contributed by atoms with Gasteiger partial charge in [0.05, 0.1) is 19.2 Å². The molecule has 3 heterocycles. The van der Waals surface area contributed by atoms with E-state index in [2.05, 4.69) is 9.97 Å². The molecule has 1 fully saturated rings. The second-order valence-corrected chi connectivity index (χ2v) is 9.88. The number of sulfone groups is 1. The first-order valence-corrected chi connectivity index (χ1v) is 12.5. The average molecular weight is 465 g/mol. The molecule has 0 spiro atoms. The molecule has 1 aliphatic heterocycles. The molecule has 0 N–H and O–H groups in total. The van der Waals surface area contributed by atoms with Crippen LogP contribution in [0, 0.1) is 0 Å². The van der Waals surface area contributed by atoms with Gasteiger partial charge in [-0.15, -0.1) is 0 Å². The highest BCUT2D eigenvalue weighted by Crippen LogP contribution is 2.31. The predicted molar refractivity (Wildman–Crippen MR) is 123 cm³/mol. The highest BCUT2D eigenvalue weighted by Gasteiger charge is 2.27. The Hall–Kier alpha value is -3.30. The second-order valence-electron chi connectivity index (χ2n) is 7.97. The number of imidazole rings is 1. The zero-order valence-corrected chi connectivity index (χ0v) is 19.0. The van der Waals surface area contributed by atoms with Crippen LogP contribution in [0.5, 0.6) is 5.75 Å². The van der Waals surface area contributed by atoms with Crippen LogP contribution in [0.1, 0.15) is 31.1 Å². The smallest absolute Gasteiger partial charge is 0.202 e. The highest BCUT2D eigenvalue weighted by atomic mass is 32.2. The number of methoxy groups -OCH3 is 1. The Balaban J connectivity index is 1.67. The number of fused-ring (bicyclic) bond motifs is 1. The van der Waals surface area contributed by atoms with Gasteiger partial charge in [0.1, 0.15) is 17.5 Å². The van der Waals surface area contributed by atoms with Crippen molar-refractivity contribution in [3.05, 3.63) is 66.5 Å². The number of hydrogen-bond acceptors (Lipinski definition) is 7. The molecule has 2 aromatic heterocycles. The van der Waals surface area contributed by atoms with Crippen LogP contribution in [0.2, 0.25) is 0 Å². The van der Waals surface area contributed by atoms with E-state index in [-0.39, 0.29) is 22.5 Å². The number of ether oxygens (including phenoxy) is 2. The van der Waals surface area contributed by atoms with Crippen molar-refractivity contribution in [1.82, 2.24) is 19.5 Å². The maximum atomic E-state index is 13.5. The van der Waals surface area contributed by atoms with E-state index in [0.717, 1.165) is 19.3 Å². The number of hydrogen-bond donors (Lipinski definition) is 0. The molecule has 4 aromatic rings. The van der Waals surface area contributed by atoms with Gasteiger partial charge in [-0.1, -0.05) is 30.3 Å². The van der Waals surface area contributed by atoms with Gasteiger partial charge in [-0.05, 0) is 49.1 Å². The fourth-order valence-electron chi connectivity index (χ4n) is 3.99. The summed E-state index contributed by atoms with van der Waals surface area (Å²) in [5.74, 6) is 0.834. The number of aromatic nitrogens is 4. The Morgan fingerprint density at radius 2 is 1.85 bits per heavy atom. The van der Waals surface area contributed by atoms with Crippen LogP contribution < -0.4 is 4.74 Å². The largest absolute Gasteiger partial charge is 0.497 e. The molecular weight excluding hydrogens is 440 g/mol. The topological polar surface area (TPSA) is 96.2 Å². The zero-order valence-electron chi connectivity index (χ0n) is 18.2. The first kappa shape index (κ1) is 21.5. The van der Waals surface area contributed by atoms with Crippen molar-refractivity contribution in [3.63, 3.8) is 0 Å². The summed E-state index contributed by atoms with van der Waals surface area (Å²) in [6.07, 6.45) is 4.23. The van der Waals surface area contributed by atoms with Gasteiger partial charge in [-0.2, -0.15) is 0 Å². The van der Waals surface area contributed by atoms with Crippen molar-refractivity contribution < 1.29 is 17.9 Å². The summed E-state index contributed by atoms with van der Waals surface area (Å²) in [5.41, 5.74) is 2.09. The van der Waals surface area contributed by atoms with Crippen molar-refractivity contribution in [2.75, 3.05) is 13.7 Å². The van der Waals surface area contributed by atoms with Crippen molar-refractivity contribution in [2.45, 2.75) is 36.3 Å². The fourth-order valence-corrected chi connectivity index (χ4v) is 5.42. The molecule has 0 radical (unpaired) electrons. The highest BCUT2D eigenvalue weighted by molar-refractivity contribution is 7.90. The van der Waals surface area contributed by atoms with E-state index in [1.165, 1.54) is 0 Å². The summed E-state index contributed by atoms with van der Waals surface area (Å²) in [6, 6.07) is 16.3. The van der Waals surface area contributed by atoms with Gasteiger partial charge in [0.25, 0.3) is 0 Å². The normalized spacial score (nSPS) is 16.7. The van der Waals surface area contributed by atoms with Gasteiger partial charge >= 0.3 is 0 Å². The van der Waals surface area contributed by atoms with Gasteiger partial charge in [0, 0.05) is 12.2 Å². The van der Waals surface area contributed by atoms with Crippen LogP contribution in [-0.4, -0.2) is 41.7 Å². The van der Waals surface area contributed by atoms with Crippen LogP contribution in [0.15, 0.2) is 66.0 Å². The summed E-state index contributed by atoms with van der Waals surface area (Å²) in [5, 5.41) is -0.0725. The monoisotopic (exact) mass is 464 g/mol. The fraction of sp³-hybridized carbons (Fsp3) is 0.292. The van der Waals surface area contributed by atoms with Gasteiger partial charge in [-0.3, -0.25) is 4.57 Å². The zero-order chi connectivity index (χ0) is 22.8. The Bertz CT molecular complexity index is 1360. The SMILES string of the molecule is COc1ccc(-c2nc(S(=O)(=O)Cc3ccccc3)c3ncn(C4CCCCO4)c3n2)cc1. The van der Waals surface area contributed by atoms with E-state index in [1.807, 2.05) is 34.9 Å². The molecule has 0 saturated carbocycles. The maximum absolute atomic E-state index is 13.5. The van der Waals surface area contributed by atoms with E-state index < -0.39 is 9.84 Å². The molecule has 5 rings (SSSR count). The van der Waals surface area contributed by atoms with E-state index in [1.54, 1.807) is 37.7 Å². The molecule has 0 amide bonds. The van der Waals surface area contributed by atoms with Crippen molar-refractivity contribution in [1.29, 1.82) is 0 Å². The van der Waals surface area contributed by atoms with Gasteiger partial charge in [0.15, 0.2) is 16.5 Å². The minimum Gasteiger partial charge on any atom is -0.497 e. The van der Waals surface area contributed by atoms with E-state index >= 15 is 0 Å². The molecule has 1 aliphatic rings. The molecule has 0 aliphatic carbocycles. The van der Waals surface area contributed by atoms with E-state index in [4.69, 9.17) is 14.5 Å². The second kappa shape index (κ2) is 8.92. The molecule has 8 nitrogen and oxygen atoms in total. The quantitative estimate of drug-likeness (QED) is 0.395. The lowest BCUT2D eigenvalue weighted by Gasteiger charge is -2.23.